The van der Waals surface area contributed by atoms with Gasteiger partial charge in [-0.2, -0.15) is 0 Å². The molecule has 3 aliphatic heterocycles. The van der Waals surface area contributed by atoms with Crippen LogP contribution in [0.4, 0.5) is 0 Å². The zero-order valence-corrected chi connectivity index (χ0v) is 14.3. The number of fused-ring (bicyclic) bond motifs is 1. The van der Waals surface area contributed by atoms with E-state index in [1.807, 2.05) is 0 Å². The van der Waals surface area contributed by atoms with Crippen LogP contribution in [0.1, 0.15) is 43.8 Å². The van der Waals surface area contributed by atoms with Gasteiger partial charge in [0.25, 0.3) is 0 Å². The lowest BCUT2D eigenvalue weighted by Crippen LogP contribution is -2.46. The first-order chi connectivity index (χ1) is 11.3. The normalized spacial score (nSPS) is 29.8. The van der Waals surface area contributed by atoms with Gasteiger partial charge in [-0.1, -0.05) is 0 Å². The molecule has 0 N–H and O–H groups in total. The Kier molecular flexibility index (Phi) is 4.64. The first-order valence-corrected chi connectivity index (χ1v) is 9.28. The number of morpholine rings is 1. The van der Waals surface area contributed by atoms with Crippen LogP contribution < -0.4 is 0 Å². The highest BCUT2D eigenvalue weighted by atomic mass is 16.5. The van der Waals surface area contributed by atoms with Crippen molar-refractivity contribution in [3.8, 4) is 0 Å². The molecule has 6 heteroatoms. The Morgan fingerprint density at radius 2 is 1.91 bits per heavy atom. The monoisotopic (exact) mass is 319 g/mol. The molecule has 0 saturated carbocycles. The number of ether oxygens (including phenoxy) is 1. The van der Waals surface area contributed by atoms with E-state index in [-0.39, 0.29) is 0 Å². The second-order valence-corrected chi connectivity index (χ2v) is 7.35. The topological polar surface area (TPSA) is 46.4 Å². The molecule has 4 heterocycles. The minimum Gasteiger partial charge on any atom is -0.376 e. The van der Waals surface area contributed by atoms with Crippen LogP contribution in [0.5, 0.6) is 0 Å². The maximum atomic E-state index is 5.64. The van der Waals surface area contributed by atoms with Crippen molar-refractivity contribution in [2.24, 2.45) is 0 Å². The third-order valence-electron chi connectivity index (χ3n) is 5.57. The number of nitrogens with zero attached hydrogens (tertiary/aromatic N) is 5. The molecule has 4 rings (SSSR count). The Morgan fingerprint density at radius 3 is 2.78 bits per heavy atom. The average Bonchev–Trinajstić information content (AvgIpc) is 3.16. The van der Waals surface area contributed by atoms with Crippen molar-refractivity contribution < 1.29 is 4.74 Å². The maximum absolute atomic E-state index is 5.64. The Balaban J connectivity index is 1.32. The summed E-state index contributed by atoms with van der Waals surface area (Å²) in [6.07, 6.45) is 5.29. The van der Waals surface area contributed by atoms with E-state index in [0.717, 1.165) is 39.2 Å². The first kappa shape index (κ1) is 15.5. The molecule has 3 aliphatic rings. The van der Waals surface area contributed by atoms with Crippen LogP contribution in [0.3, 0.4) is 0 Å². The van der Waals surface area contributed by atoms with Gasteiger partial charge in [0.1, 0.15) is 11.6 Å². The van der Waals surface area contributed by atoms with E-state index in [0.29, 0.717) is 12.0 Å². The van der Waals surface area contributed by atoms with Crippen molar-refractivity contribution in [2.45, 2.75) is 51.2 Å². The molecule has 6 nitrogen and oxygen atoms in total. The number of likely N-dealkylation sites (tertiary alicyclic amines) is 1. The van der Waals surface area contributed by atoms with Gasteiger partial charge < -0.3 is 14.2 Å². The predicted octanol–water partition coefficient (Wildman–Crippen LogP) is 1.12. The van der Waals surface area contributed by atoms with Gasteiger partial charge >= 0.3 is 0 Å². The molecular weight excluding hydrogens is 290 g/mol. The van der Waals surface area contributed by atoms with Crippen LogP contribution in [0.2, 0.25) is 0 Å². The largest absolute Gasteiger partial charge is 0.376 e. The van der Waals surface area contributed by atoms with Crippen molar-refractivity contribution in [2.75, 3.05) is 45.9 Å². The summed E-state index contributed by atoms with van der Waals surface area (Å²) in [5.41, 5.74) is 0. The summed E-state index contributed by atoms with van der Waals surface area (Å²) in [6, 6.07) is 0. The van der Waals surface area contributed by atoms with E-state index >= 15 is 0 Å². The van der Waals surface area contributed by atoms with Crippen molar-refractivity contribution in [3.05, 3.63) is 11.6 Å². The van der Waals surface area contributed by atoms with E-state index in [1.165, 1.54) is 50.5 Å². The van der Waals surface area contributed by atoms with Crippen LogP contribution in [0.15, 0.2) is 0 Å². The minimum atomic E-state index is 0.386. The quantitative estimate of drug-likeness (QED) is 0.832. The van der Waals surface area contributed by atoms with E-state index in [4.69, 9.17) is 4.74 Å². The SMILES string of the molecule is C[C@H]1CN(CCN2CCC[C@@H](c3nnc4n3CCC4)C2)CCO1. The standard InChI is InChI=1S/C17H29N5O/c1-14-12-21(10-11-23-14)9-8-20-6-2-4-15(13-20)17-19-18-16-5-3-7-22(16)17/h14-15H,2-13H2,1H3/t14-,15+/m0/s1. The highest BCUT2D eigenvalue weighted by Gasteiger charge is 2.28. The minimum absolute atomic E-state index is 0.386. The fraction of sp³-hybridized carbons (Fsp3) is 0.882. The maximum Gasteiger partial charge on any atom is 0.137 e. The lowest BCUT2D eigenvalue weighted by Gasteiger charge is -2.36. The third kappa shape index (κ3) is 3.44. The van der Waals surface area contributed by atoms with E-state index in [9.17, 15) is 0 Å². The summed E-state index contributed by atoms with van der Waals surface area (Å²) in [5, 5.41) is 8.91. The van der Waals surface area contributed by atoms with Crippen molar-refractivity contribution >= 4 is 0 Å². The number of hydrogen-bond donors (Lipinski definition) is 0. The molecule has 0 unspecified atom stereocenters. The molecule has 1 aromatic rings. The number of rotatable bonds is 4. The highest BCUT2D eigenvalue weighted by Crippen LogP contribution is 2.28. The lowest BCUT2D eigenvalue weighted by molar-refractivity contribution is -0.0212. The molecule has 0 radical (unpaired) electrons. The molecule has 2 atom stereocenters. The van der Waals surface area contributed by atoms with Crippen LogP contribution in [-0.4, -0.2) is 76.5 Å². The summed E-state index contributed by atoms with van der Waals surface area (Å²) < 4.78 is 8.02. The smallest absolute Gasteiger partial charge is 0.137 e. The highest BCUT2D eigenvalue weighted by molar-refractivity contribution is 5.07. The molecule has 128 valence electrons. The van der Waals surface area contributed by atoms with E-state index in [1.54, 1.807) is 0 Å². The summed E-state index contributed by atoms with van der Waals surface area (Å²) in [5.74, 6) is 3.04. The van der Waals surface area contributed by atoms with Gasteiger partial charge in [0.05, 0.1) is 12.7 Å². The summed E-state index contributed by atoms with van der Waals surface area (Å²) in [6.45, 7) is 11.1. The van der Waals surface area contributed by atoms with Crippen LogP contribution in [0, 0.1) is 0 Å². The predicted molar refractivity (Wildman–Crippen MR) is 88.6 cm³/mol. The number of aromatic nitrogens is 3. The van der Waals surface area contributed by atoms with Crippen molar-refractivity contribution in [1.29, 1.82) is 0 Å². The zero-order chi connectivity index (χ0) is 15.6. The van der Waals surface area contributed by atoms with Gasteiger partial charge in [-0.25, -0.2) is 0 Å². The van der Waals surface area contributed by atoms with Crippen LogP contribution in [-0.2, 0) is 17.7 Å². The fourth-order valence-electron chi connectivity index (χ4n) is 4.32. The molecule has 0 aliphatic carbocycles. The fourth-order valence-corrected chi connectivity index (χ4v) is 4.32. The molecule has 0 amide bonds. The Morgan fingerprint density at radius 1 is 1.04 bits per heavy atom. The van der Waals surface area contributed by atoms with Crippen LogP contribution in [0.25, 0.3) is 0 Å². The molecule has 0 spiro atoms. The Hall–Kier alpha value is -0.980. The lowest BCUT2D eigenvalue weighted by atomic mass is 9.97. The second kappa shape index (κ2) is 6.87. The Labute approximate surface area is 138 Å². The summed E-state index contributed by atoms with van der Waals surface area (Å²) in [7, 11) is 0. The van der Waals surface area contributed by atoms with E-state index < -0.39 is 0 Å². The molecule has 23 heavy (non-hydrogen) atoms. The number of aryl methyl sites for hydroxylation is 1. The van der Waals surface area contributed by atoms with Gasteiger partial charge in [0.15, 0.2) is 0 Å². The molecule has 0 bridgehead atoms. The van der Waals surface area contributed by atoms with Gasteiger partial charge in [-0.05, 0) is 32.7 Å². The summed E-state index contributed by atoms with van der Waals surface area (Å²) >= 11 is 0. The van der Waals surface area contributed by atoms with Crippen LogP contribution >= 0.6 is 0 Å². The van der Waals surface area contributed by atoms with Gasteiger partial charge in [-0.3, -0.25) is 4.90 Å². The van der Waals surface area contributed by atoms with Gasteiger partial charge in [-0.15, -0.1) is 10.2 Å². The van der Waals surface area contributed by atoms with Crippen molar-refractivity contribution in [1.82, 2.24) is 24.6 Å². The summed E-state index contributed by atoms with van der Waals surface area (Å²) in [4.78, 5) is 5.18. The van der Waals surface area contributed by atoms with E-state index in [2.05, 4.69) is 31.5 Å². The third-order valence-corrected chi connectivity index (χ3v) is 5.57. The van der Waals surface area contributed by atoms with Gasteiger partial charge in [0.2, 0.25) is 0 Å². The molecule has 2 fully saturated rings. The zero-order valence-electron chi connectivity index (χ0n) is 14.3. The second-order valence-electron chi connectivity index (χ2n) is 7.35. The number of hydrogen-bond acceptors (Lipinski definition) is 5. The van der Waals surface area contributed by atoms with Gasteiger partial charge in [0, 0.05) is 51.6 Å². The molecule has 0 aromatic carbocycles. The molecule has 1 aromatic heterocycles. The number of piperidine rings is 1. The first-order valence-electron chi connectivity index (χ1n) is 9.28. The molecule has 2 saturated heterocycles. The molecular formula is C17H29N5O. The van der Waals surface area contributed by atoms with Crippen molar-refractivity contribution in [3.63, 3.8) is 0 Å². The Bertz CT molecular complexity index is 531. The average molecular weight is 319 g/mol.